The molecule has 2 nitrogen and oxygen atoms in total. The summed E-state index contributed by atoms with van der Waals surface area (Å²) in [4.78, 5) is 2.52. The fourth-order valence-corrected chi connectivity index (χ4v) is 2.54. The Hall–Kier alpha value is -0.0700. The number of halogens is 1. The number of alkyl halides is 1. The van der Waals surface area contributed by atoms with Gasteiger partial charge in [-0.2, -0.15) is 5.26 Å². The van der Waals surface area contributed by atoms with Gasteiger partial charge < -0.3 is 0 Å². The van der Waals surface area contributed by atoms with E-state index in [0.29, 0.717) is 6.42 Å². The van der Waals surface area contributed by atoms with Crippen LogP contribution in [0.3, 0.4) is 0 Å². The van der Waals surface area contributed by atoms with Crippen LogP contribution in [0.4, 0.5) is 0 Å². The second-order valence-electron chi connectivity index (χ2n) is 4.44. The van der Waals surface area contributed by atoms with Crippen molar-refractivity contribution in [2.45, 2.75) is 45.1 Å². The summed E-state index contributed by atoms with van der Waals surface area (Å²) < 4.78 is 0. The smallest absolute Gasteiger partial charge is 0.0635 e. The summed E-state index contributed by atoms with van der Waals surface area (Å²) in [6.45, 7) is 4.38. The first-order valence-corrected chi connectivity index (χ1v) is 7.10. The third-order valence-electron chi connectivity index (χ3n) is 2.98. The van der Waals surface area contributed by atoms with E-state index in [4.69, 9.17) is 5.26 Å². The second kappa shape index (κ2) is 7.24. The molecule has 0 saturated heterocycles. The third kappa shape index (κ3) is 4.99. The normalized spacial score (nSPS) is 17.7. The average Bonchev–Trinajstić information content (AvgIpc) is 3.06. The van der Waals surface area contributed by atoms with Gasteiger partial charge in [-0.1, -0.05) is 29.3 Å². The molecule has 1 fully saturated rings. The molecule has 1 aliphatic rings. The van der Waals surface area contributed by atoms with Gasteiger partial charge in [0, 0.05) is 30.9 Å². The number of hydrogen-bond donors (Lipinski definition) is 0. The molecule has 1 atom stereocenters. The molecule has 1 aliphatic carbocycles. The largest absolute Gasteiger partial charge is 0.299 e. The van der Waals surface area contributed by atoms with Crippen molar-refractivity contribution in [1.82, 2.24) is 4.90 Å². The second-order valence-corrected chi connectivity index (χ2v) is 5.09. The molecule has 0 amide bonds. The van der Waals surface area contributed by atoms with Gasteiger partial charge in [0.2, 0.25) is 0 Å². The number of nitriles is 1. The molecule has 0 heterocycles. The molecule has 1 unspecified atom stereocenters. The van der Waals surface area contributed by atoms with Crippen LogP contribution in [0, 0.1) is 17.2 Å². The van der Waals surface area contributed by atoms with Gasteiger partial charge in [0.25, 0.3) is 0 Å². The summed E-state index contributed by atoms with van der Waals surface area (Å²) in [6, 6.07) is 3.04. The van der Waals surface area contributed by atoms with E-state index in [1.165, 1.54) is 32.2 Å². The Labute approximate surface area is 102 Å². The van der Waals surface area contributed by atoms with Crippen molar-refractivity contribution in [3.8, 4) is 6.07 Å². The first kappa shape index (κ1) is 13.0. The van der Waals surface area contributed by atoms with Crippen LogP contribution in [-0.2, 0) is 0 Å². The lowest BCUT2D eigenvalue weighted by Gasteiger charge is -2.25. The lowest BCUT2D eigenvalue weighted by Crippen LogP contribution is -2.33. The molecule has 0 aromatic rings. The lowest BCUT2D eigenvalue weighted by atomic mass is 10.1. The molecule has 0 aromatic heterocycles. The molecule has 0 spiro atoms. The van der Waals surface area contributed by atoms with E-state index in [0.717, 1.165) is 23.8 Å². The zero-order valence-electron chi connectivity index (χ0n) is 9.58. The van der Waals surface area contributed by atoms with E-state index in [1.54, 1.807) is 0 Å². The van der Waals surface area contributed by atoms with Gasteiger partial charge in [0.15, 0.2) is 0 Å². The van der Waals surface area contributed by atoms with Crippen molar-refractivity contribution in [2.24, 2.45) is 5.92 Å². The van der Waals surface area contributed by atoms with Gasteiger partial charge in [0.1, 0.15) is 0 Å². The SMILES string of the molecule is CCCC(CBr)CN(CCC#N)C1CC1. The Morgan fingerprint density at radius 3 is 2.73 bits per heavy atom. The Balaban J connectivity index is 2.31. The molecule has 15 heavy (non-hydrogen) atoms. The first-order chi connectivity index (χ1) is 7.31. The standard InChI is InChI=1S/C12H21BrN2/c1-2-4-11(9-13)10-15(8-3-7-14)12-5-6-12/h11-12H,2-6,8-10H2,1H3. The highest BCUT2D eigenvalue weighted by atomic mass is 79.9. The zero-order valence-corrected chi connectivity index (χ0v) is 11.2. The van der Waals surface area contributed by atoms with E-state index >= 15 is 0 Å². The van der Waals surface area contributed by atoms with Crippen LogP contribution in [-0.4, -0.2) is 29.4 Å². The molecule has 0 aromatic carbocycles. The monoisotopic (exact) mass is 272 g/mol. The van der Waals surface area contributed by atoms with Crippen LogP contribution in [0.1, 0.15) is 39.0 Å². The molecule has 0 bridgehead atoms. The van der Waals surface area contributed by atoms with Gasteiger partial charge in [-0.3, -0.25) is 4.90 Å². The zero-order chi connectivity index (χ0) is 11.1. The average molecular weight is 273 g/mol. The minimum atomic E-state index is 0.678. The highest BCUT2D eigenvalue weighted by Crippen LogP contribution is 2.28. The maximum atomic E-state index is 8.63. The van der Waals surface area contributed by atoms with Crippen LogP contribution in [0.2, 0.25) is 0 Å². The maximum absolute atomic E-state index is 8.63. The quantitative estimate of drug-likeness (QED) is 0.635. The van der Waals surface area contributed by atoms with Gasteiger partial charge >= 0.3 is 0 Å². The summed E-state index contributed by atoms with van der Waals surface area (Å²) >= 11 is 3.59. The van der Waals surface area contributed by atoms with Crippen LogP contribution in [0.25, 0.3) is 0 Å². The topological polar surface area (TPSA) is 27.0 Å². The molecule has 1 rings (SSSR count). The first-order valence-electron chi connectivity index (χ1n) is 5.98. The molecule has 0 N–H and O–H groups in total. The molecule has 0 radical (unpaired) electrons. The van der Waals surface area contributed by atoms with Gasteiger partial charge in [-0.05, 0) is 25.2 Å². The van der Waals surface area contributed by atoms with Crippen molar-refractivity contribution in [3.63, 3.8) is 0 Å². The van der Waals surface area contributed by atoms with Crippen LogP contribution < -0.4 is 0 Å². The Bertz CT molecular complexity index is 208. The molecule has 86 valence electrons. The van der Waals surface area contributed by atoms with Crippen molar-refractivity contribution >= 4 is 15.9 Å². The molecule has 1 saturated carbocycles. The fraction of sp³-hybridized carbons (Fsp3) is 0.917. The van der Waals surface area contributed by atoms with Gasteiger partial charge in [-0.25, -0.2) is 0 Å². The number of rotatable bonds is 8. The Morgan fingerprint density at radius 1 is 1.53 bits per heavy atom. The predicted octanol–water partition coefficient (Wildman–Crippen LogP) is 3.18. The number of nitrogens with zero attached hydrogens (tertiary/aromatic N) is 2. The summed E-state index contributed by atoms with van der Waals surface area (Å²) in [5.74, 6) is 0.759. The lowest BCUT2D eigenvalue weighted by molar-refractivity contribution is 0.229. The van der Waals surface area contributed by atoms with Crippen LogP contribution >= 0.6 is 15.9 Å². The maximum Gasteiger partial charge on any atom is 0.0635 e. The summed E-state index contributed by atoms with van der Waals surface area (Å²) in [6.07, 6.45) is 5.91. The molecular formula is C12H21BrN2. The summed E-state index contributed by atoms with van der Waals surface area (Å²) in [5, 5.41) is 9.72. The summed E-state index contributed by atoms with van der Waals surface area (Å²) in [7, 11) is 0. The van der Waals surface area contributed by atoms with Crippen molar-refractivity contribution in [2.75, 3.05) is 18.4 Å². The van der Waals surface area contributed by atoms with Gasteiger partial charge in [-0.15, -0.1) is 0 Å². The Kier molecular flexibility index (Phi) is 6.28. The van der Waals surface area contributed by atoms with E-state index in [1.807, 2.05) is 0 Å². The molecular weight excluding hydrogens is 252 g/mol. The van der Waals surface area contributed by atoms with Gasteiger partial charge in [0.05, 0.1) is 6.07 Å². The van der Waals surface area contributed by atoms with E-state index in [9.17, 15) is 0 Å². The molecule has 0 aliphatic heterocycles. The highest BCUT2D eigenvalue weighted by Gasteiger charge is 2.29. The number of hydrogen-bond acceptors (Lipinski definition) is 2. The summed E-state index contributed by atoms with van der Waals surface area (Å²) in [5.41, 5.74) is 0. The van der Waals surface area contributed by atoms with Crippen molar-refractivity contribution in [3.05, 3.63) is 0 Å². The van der Waals surface area contributed by atoms with E-state index < -0.39 is 0 Å². The third-order valence-corrected chi connectivity index (χ3v) is 3.90. The van der Waals surface area contributed by atoms with Crippen molar-refractivity contribution < 1.29 is 0 Å². The van der Waals surface area contributed by atoms with Crippen LogP contribution in [0.5, 0.6) is 0 Å². The molecule has 3 heteroatoms. The van der Waals surface area contributed by atoms with E-state index in [-0.39, 0.29) is 0 Å². The van der Waals surface area contributed by atoms with Crippen molar-refractivity contribution in [1.29, 1.82) is 5.26 Å². The minimum absolute atomic E-state index is 0.678. The van der Waals surface area contributed by atoms with E-state index in [2.05, 4.69) is 33.8 Å². The predicted molar refractivity (Wildman–Crippen MR) is 67.0 cm³/mol. The Morgan fingerprint density at radius 2 is 2.27 bits per heavy atom. The fourth-order valence-electron chi connectivity index (χ4n) is 2.01. The highest BCUT2D eigenvalue weighted by molar-refractivity contribution is 9.09. The van der Waals surface area contributed by atoms with Crippen LogP contribution in [0.15, 0.2) is 0 Å². The minimum Gasteiger partial charge on any atom is -0.299 e.